The van der Waals surface area contributed by atoms with E-state index in [4.69, 9.17) is 0 Å². The number of sulfone groups is 1. The highest BCUT2D eigenvalue weighted by molar-refractivity contribution is 7.90. The standard InChI is InChI=1S/C15H20F2N2O3S/c1-18-13-3-2-8-19(9-13)14(20)12-6-4-11(5-7-12)10-23(21,22)15(16)17/h4-7,13,15,18H,2-3,8-10H2,1H3. The predicted octanol–water partition coefficient (Wildman–Crippen LogP) is 1.65. The summed E-state index contributed by atoms with van der Waals surface area (Å²) in [5, 5.41) is 3.15. The predicted molar refractivity (Wildman–Crippen MR) is 83.1 cm³/mol. The van der Waals surface area contributed by atoms with Crippen molar-refractivity contribution < 1.29 is 22.0 Å². The number of nitrogens with one attached hydrogen (secondary N) is 1. The van der Waals surface area contributed by atoms with Gasteiger partial charge in [-0.05, 0) is 37.6 Å². The summed E-state index contributed by atoms with van der Waals surface area (Å²) in [5.74, 6) is -4.26. The van der Waals surface area contributed by atoms with Gasteiger partial charge >= 0.3 is 5.76 Å². The molecule has 1 aliphatic heterocycles. The largest absolute Gasteiger partial charge is 0.337 e. The van der Waals surface area contributed by atoms with Crippen molar-refractivity contribution in [1.82, 2.24) is 10.2 Å². The molecule has 23 heavy (non-hydrogen) atoms. The second-order valence-corrected chi connectivity index (χ2v) is 7.61. The fourth-order valence-corrected chi connectivity index (χ4v) is 3.40. The molecule has 128 valence electrons. The summed E-state index contributed by atoms with van der Waals surface area (Å²) in [4.78, 5) is 14.2. The van der Waals surface area contributed by atoms with Crippen molar-refractivity contribution in [3.63, 3.8) is 0 Å². The van der Waals surface area contributed by atoms with Crippen LogP contribution in [0.5, 0.6) is 0 Å². The average Bonchev–Trinajstić information content (AvgIpc) is 2.54. The van der Waals surface area contributed by atoms with Gasteiger partial charge in [-0.2, -0.15) is 8.78 Å². The van der Waals surface area contributed by atoms with E-state index >= 15 is 0 Å². The SMILES string of the molecule is CNC1CCCN(C(=O)c2ccc(CS(=O)(=O)C(F)F)cc2)C1. The molecule has 1 aromatic rings. The van der Waals surface area contributed by atoms with Crippen LogP contribution in [0, 0.1) is 0 Å². The first kappa shape index (κ1) is 17.8. The molecule has 0 aliphatic carbocycles. The third kappa shape index (κ3) is 4.48. The number of piperidine rings is 1. The van der Waals surface area contributed by atoms with Gasteiger partial charge in [0.25, 0.3) is 5.91 Å². The highest BCUT2D eigenvalue weighted by Crippen LogP contribution is 2.17. The van der Waals surface area contributed by atoms with Crippen molar-refractivity contribution in [3.8, 4) is 0 Å². The van der Waals surface area contributed by atoms with Crippen molar-refractivity contribution in [2.75, 3.05) is 20.1 Å². The second kappa shape index (κ2) is 7.35. The molecule has 0 spiro atoms. The first-order chi connectivity index (χ1) is 10.8. The average molecular weight is 346 g/mol. The van der Waals surface area contributed by atoms with E-state index in [0.717, 1.165) is 12.8 Å². The lowest BCUT2D eigenvalue weighted by molar-refractivity contribution is 0.0698. The molecule has 2 rings (SSSR count). The summed E-state index contributed by atoms with van der Waals surface area (Å²) in [6.45, 7) is 1.30. The third-order valence-corrected chi connectivity index (χ3v) is 5.24. The number of likely N-dealkylation sites (tertiary alicyclic amines) is 1. The van der Waals surface area contributed by atoms with Crippen LogP contribution < -0.4 is 5.32 Å². The number of hydrogen-bond donors (Lipinski definition) is 1. The number of likely N-dealkylation sites (N-methyl/N-ethyl adjacent to an activating group) is 1. The Morgan fingerprint density at radius 1 is 1.35 bits per heavy atom. The third-order valence-electron chi connectivity index (χ3n) is 3.96. The van der Waals surface area contributed by atoms with Crippen molar-refractivity contribution in [1.29, 1.82) is 0 Å². The molecule has 1 aliphatic rings. The molecule has 1 unspecified atom stereocenters. The van der Waals surface area contributed by atoms with Gasteiger partial charge in [-0.3, -0.25) is 4.79 Å². The molecule has 1 heterocycles. The van der Waals surface area contributed by atoms with Gasteiger partial charge in [0.2, 0.25) is 9.84 Å². The molecule has 1 fully saturated rings. The van der Waals surface area contributed by atoms with E-state index in [1.807, 2.05) is 7.05 Å². The molecule has 0 radical (unpaired) electrons. The molecule has 1 N–H and O–H groups in total. The fourth-order valence-electron chi connectivity index (χ4n) is 2.62. The number of nitrogens with zero attached hydrogens (tertiary/aromatic N) is 1. The molecule has 0 bridgehead atoms. The molecule has 0 saturated carbocycles. The maximum Gasteiger partial charge on any atom is 0.337 e. The van der Waals surface area contributed by atoms with Gasteiger partial charge in [0.1, 0.15) is 0 Å². The van der Waals surface area contributed by atoms with E-state index in [-0.39, 0.29) is 17.5 Å². The van der Waals surface area contributed by atoms with Crippen molar-refractivity contribution in [2.24, 2.45) is 0 Å². The number of halogens is 2. The first-order valence-electron chi connectivity index (χ1n) is 7.38. The summed E-state index contributed by atoms with van der Waals surface area (Å²) in [6.07, 6.45) is 1.94. The quantitative estimate of drug-likeness (QED) is 0.880. The molecule has 1 saturated heterocycles. The summed E-state index contributed by atoms with van der Waals surface area (Å²) in [6, 6.07) is 6.06. The normalized spacial score (nSPS) is 19.1. The smallest absolute Gasteiger partial charge is 0.337 e. The summed E-state index contributed by atoms with van der Waals surface area (Å²) in [7, 11) is -2.59. The zero-order chi connectivity index (χ0) is 17.0. The highest BCUT2D eigenvalue weighted by Gasteiger charge is 2.25. The Morgan fingerprint density at radius 2 is 2.00 bits per heavy atom. The van der Waals surface area contributed by atoms with Crippen LogP contribution in [0.2, 0.25) is 0 Å². The summed E-state index contributed by atoms with van der Waals surface area (Å²) >= 11 is 0. The Bertz CT molecular complexity index is 647. The van der Waals surface area contributed by atoms with E-state index in [2.05, 4.69) is 5.32 Å². The topological polar surface area (TPSA) is 66.5 Å². The Kier molecular flexibility index (Phi) is 5.69. The van der Waals surface area contributed by atoms with Crippen molar-refractivity contribution in [3.05, 3.63) is 35.4 Å². The Morgan fingerprint density at radius 3 is 2.57 bits per heavy atom. The van der Waals surface area contributed by atoms with Crippen LogP contribution in [0.15, 0.2) is 24.3 Å². The number of hydrogen-bond acceptors (Lipinski definition) is 4. The van der Waals surface area contributed by atoms with Gasteiger partial charge in [-0.25, -0.2) is 8.42 Å². The maximum absolute atomic E-state index is 12.4. The minimum atomic E-state index is -4.45. The molecule has 5 nitrogen and oxygen atoms in total. The lowest BCUT2D eigenvalue weighted by Crippen LogP contribution is -2.46. The molecule has 1 atom stereocenters. The van der Waals surface area contributed by atoms with E-state index in [9.17, 15) is 22.0 Å². The van der Waals surface area contributed by atoms with E-state index in [1.165, 1.54) is 24.3 Å². The Hall–Kier alpha value is -1.54. The lowest BCUT2D eigenvalue weighted by Gasteiger charge is -2.32. The van der Waals surface area contributed by atoms with E-state index in [0.29, 0.717) is 18.7 Å². The monoisotopic (exact) mass is 346 g/mol. The van der Waals surface area contributed by atoms with Crippen LogP contribution >= 0.6 is 0 Å². The molecule has 1 amide bonds. The van der Waals surface area contributed by atoms with Gasteiger partial charge in [-0.15, -0.1) is 0 Å². The molecular weight excluding hydrogens is 326 g/mol. The number of carbonyl (C=O) groups is 1. The number of amides is 1. The number of alkyl halides is 2. The Labute approximate surface area is 134 Å². The van der Waals surface area contributed by atoms with Gasteiger partial charge in [0.05, 0.1) is 5.75 Å². The molecule has 8 heteroatoms. The van der Waals surface area contributed by atoms with Gasteiger partial charge in [-0.1, -0.05) is 12.1 Å². The number of benzene rings is 1. The van der Waals surface area contributed by atoms with Crippen LogP contribution in [-0.2, 0) is 15.6 Å². The van der Waals surface area contributed by atoms with Gasteiger partial charge < -0.3 is 10.2 Å². The van der Waals surface area contributed by atoms with Gasteiger partial charge in [0, 0.05) is 24.7 Å². The van der Waals surface area contributed by atoms with Crippen LogP contribution in [0.25, 0.3) is 0 Å². The molecular formula is C15H20F2N2O3S. The summed E-state index contributed by atoms with van der Waals surface area (Å²) < 4.78 is 47.1. The highest BCUT2D eigenvalue weighted by atomic mass is 32.2. The van der Waals surface area contributed by atoms with Crippen LogP contribution in [0.3, 0.4) is 0 Å². The minimum absolute atomic E-state index is 0.131. The Balaban J connectivity index is 2.06. The van der Waals surface area contributed by atoms with E-state index in [1.54, 1.807) is 4.90 Å². The zero-order valence-corrected chi connectivity index (χ0v) is 13.7. The minimum Gasteiger partial charge on any atom is -0.337 e. The lowest BCUT2D eigenvalue weighted by atomic mass is 10.0. The molecule has 0 aromatic heterocycles. The fraction of sp³-hybridized carbons (Fsp3) is 0.533. The number of rotatable bonds is 5. The van der Waals surface area contributed by atoms with E-state index < -0.39 is 21.3 Å². The number of carbonyl (C=O) groups excluding carboxylic acids is 1. The summed E-state index contributed by atoms with van der Waals surface area (Å²) in [5.41, 5.74) is 0.675. The van der Waals surface area contributed by atoms with Crippen LogP contribution in [0.1, 0.15) is 28.8 Å². The molecule has 1 aromatic carbocycles. The van der Waals surface area contributed by atoms with Crippen molar-refractivity contribution in [2.45, 2.75) is 30.4 Å². The second-order valence-electron chi connectivity index (χ2n) is 5.64. The van der Waals surface area contributed by atoms with Crippen LogP contribution in [0.4, 0.5) is 8.78 Å². The first-order valence-corrected chi connectivity index (χ1v) is 9.10. The van der Waals surface area contributed by atoms with Gasteiger partial charge in [0.15, 0.2) is 0 Å². The zero-order valence-electron chi connectivity index (χ0n) is 12.8. The van der Waals surface area contributed by atoms with Crippen molar-refractivity contribution >= 4 is 15.7 Å². The van der Waals surface area contributed by atoms with Crippen LogP contribution in [-0.4, -0.2) is 51.2 Å². The maximum atomic E-state index is 12.4.